The largest absolute Gasteiger partial charge is 0.460 e. The summed E-state index contributed by atoms with van der Waals surface area (Å²) in [5.74, 6) is -0.221. The molecule has 1 heterocycles. The van der Waals surface area contributed by atoms with Gasteiger partial charge in [0.25, 0.3) is 8.32 Å². The predicted octanol–water partition coefficient (Wildman–Crippen LogP) is 4.07. The van der Waals surface area contributed by atoms with Gasteiger partial charge in [-0.15, -0.1) is 6.58 Å². The molecule has 1 aliphatic heterocycles. The summed E-state index contributed by atoms with van der Waals surface area (Å²) in [4.78, 5) is 12.1. The number of carbonyl (C=O) groups is 1. The summed E-state index contributed by atoms with van der Waals surface area (Å²) in [6, 6.07) is 21.1. The first-order chi connectivity index (χ1) is 13.4. The van der Waals surface area contributed by atoms with Crippen molar-refractivity contribution in [2.75, 3.05) is 6.61 Å². The summed E-state index contributed by atoms with van der Waals surface area (Å²) < 4.78 is 12.5. The molecule has 0 aliphatic carbocycles. The number of benzene rings is 2. The number of rotatable bonds is 7. The highest BCUT2D eigenvalue weighted by atomic mass is 28.4. The van der Waals surface area contributed by atoms with E-state index in [-0.39, 0.29) is 23.0 Å². The molecular weight excluding hydrogens is 364 g/mol. The molecule has 0 bridgehead atoms. The smallest absolute Gasteiger partial charge is 0.309 e. The average molecular weight is 395 g/mol. The van der Waals surface area contributed by atoms with Crippen LogP contribution in [0.5, 0.6) is 0 Å². The fraction of sp³-hybridized carbons (Fsp3) is 0.375. The van der Waals surface area contributed by atoms with Gasteiger partial charge in [0.05, 0.1) is 12.5 Å². The number of esters is 1. The minimum atomic E-state index is -2.59. The SMILES string of the molecule is C=CC[C@H]1C[C@@H](CO[Si](c2ccccc2)(c2ccccc2)C(C)(C)C)OC1=O. The molecule has 1 aliphatic rings. The molecular formula is C24H30O3Si. The molecule has 28 heavy (non-hydrogen) atoms. The van der Waals surface area contributed by atoms with Crippen molar-refractivity contribution in [1.29, 1.82) is 0 Å². The van der Waals surface area contributed by atoms with Crippen molar-refractivity contribution in [3.8, 4) is 0 Å². The van der Waals surface area contributed by atoms with E-state index < -0.39 is 8.32 Å². The molecule has 2 aromatic rings. The fourth-order valence-corrected chi connectivity index (χ4v) is 8.79. The topological polar surface area (TPSA) is 35.5 Å². The van der Waals surface area contributed by atoms with Gasteiger partial charge in [-0.3, -0.25) is 4.79 Å². The lowest BCUT2D eigenvalue weighted by molar-refractivity contribution is -0.145. The van der Waals surface area contributed by atoms with Crippen LogP contribution >= 0.6 is 0 Å². The van der Waals surface area contributed by atoms with Crippen LogP contribution < -0.4 is 10.4 Å². The quantitative estimate of drug-likeness (QED) is 0.403. The summed E-state index contributed by atoms with van der Waals surface area (Å²) >= 11 is 0. The van der Waals surface area contributed by atoms with Gasteiger partial charge in [0.15, 0.2) is 0 Å². The van der Waals surface area contributed by atoms with Gasteiger partial charge in [0.1, 0.15) is 6.10 Å². The van der Waals surface area contributed by atoms with Crippen molar-refractivity contribution in [3.63, 3.8) is 0 Å². The Labute approximate surface area is 169 Å². The van der Waals surface area contributed by atoms with Crippen LogP contribution in [0.4, 0.5) is 0 Å². The van der Waals surface area contributed by atoms with Gasteiger partial charge in [-0.25, -0.2) is 0 Å². The normalized spacial score (nSPS) is 20.0. The van der Waals surface area contributed by atoms with Crippen LogP contribution in [-0.4, -0.2) is 27.0 Å². The minimum Gasteiger partial charge on any atom is -0.460 e. The first-order valence-corrected chi connectivity index (χ1v) is 11.9. The minimum absolute atomic E-state index is 0.0845. The number of allylic oxidation sites excluding steroid dienone is 1. The predicted molar refractivity (Wildman–Crippen MR) is 116 cm³/mol. The second-order valence-corrected chi connectivity index (χ2v) is 12.8. The Morgan fingerprint density at radius 3 is 2.07 bits per heavy atom. The average Bonchev–Trinajstić information content (AvgIpc) is 3.03. The zero-order valence-electron chi connectivity index (χ0n) is 17.1. The molecule has 0 spiro atoms. The number of hydrogen-bond donors (Lipinski definition) is 0. The van der Waals surface area contributed by atoms with Crippen molar-refractivity contribution in [1.82, 2.24) is 0 Å². The summed E-state index contributed by atoms with van der Waals surface area (Å²) in [6.45, 7) is 10.9. The number of ether oxygens (including phenoxy) is 1. The first-order valence-electron chi connectivity index (χ1n) is 9.95. The van der Waals surface area contributed by atoms with Crippen LogP contribution in [0.2, 0.25) is 5.04 Å². The molecule has 3 nitrogen and oxygen atoms in total. The van der Waals surface area contributed by atoms with E-state index in [9.17, 15) is 4.79 Å². The maximum atomic E-state index is 12.1. The molecule has 0 aromatic heterocycles. The standard InChI is InChI=1S/C24H30O3Si/c1-5-12-19-17-20(27-23(19)25)18-26-28(24(2,3)4,21-13-8-6-9-14-21)22-15-10-7-11-16-22/h5-11,13-16,19-20H,1,12,17-18H2,2-4H3/t19-,20-/m0/s1. The maximum Gasteiger partial charge on any atom is 0.309 e. The van der Waals surface area contributed by atoms with Crippen LogP contribution in [0, 0.1) is 5.92 Å². The van der Waals surface area contributed by atoms with Crippen LogP contribution in [0.3, 0.4) is 0 Å². The Kier molecular flexibility index (Phi) is 6.21. The van der Waals surface area contributed by atoms with Crippen LogP contribution in [-0.2, 0) is 14.0 Å². The Hall–Kier alpha value is -2.17. The summed E-state index contributed by atoms with van der Waals surface area (Å²) in [6.07, 6.45) is 2.95. The van der Waals surface area contributed by atoms with Gasteiger partial charge in [-0.1, -0.05) is 87.5 Å². The molecule has 0 unspecified atom stereocenters. The monoisotopic (exact) mass is 394 g/mol. The molecule has 0 radical (unpaired) electrons. The van der Waals surface area contributed by atoms with E-state index in [1.165, 1.54) is 10.4 Å². The fourth-order valence-electron chi connectivity index (χ4n) is 4.20. The Bertz CT molecular complexity index is 756. The highest BCUT2D eigenvalue weighted by Gasteiger charge is 2.51. The molecule has 1 saturated heterocycles. The Morgan fingerprint density at radius 1 is 1.07 bits per heavy atom. The summed E-state index contributed by atoms with van der Waals surface area (Å²) in [7, 11) is -2.59. The van der Waals surface area contributed by atoms with E-state index in [0.29, 0.717) is 19.4 Å². The van der Waals surface area contributed by atoms with E-state index in [4.69, 9.17) is 9.16 Å². The molecule has 0 N–H and O–H groups in total. The molecule has 0 saturated carbocycles. The molecule has 1 fully saturated rings. The van der Waals surface area contributed by atoms with Crippen molar-refractivity contribution >= 4 is 24.7 Å². The Balaban J connectivity index is 1.95. The lowest BCUT2D eigenvalue weighted by Crippen LogP contribution is -2.67. The van der Waals surface area contributed by atoms with Gasteiger partial charge in [-0.05, 0) is 21.8 Å². The van der Waals surface area contributed by atoms with Crippen molar-refractivity contribution in [2.24, 2.45) is 5.92 Å². The summed E-state index contributed by atoms with van der Waals surface area (Å²) in [5, 5.41) is 2.39. The third-order valence-corrected chi connectivity index (χ3v) is 10.5. The van der Waals surface area contributed by atoms with Crippen LogP contribution in [0.25, 0.3) is 0 Å². The summed E-state index contributed by atoms with van der Waals surface area (Å²) in [5.41, 5.74) is 0. The lowest BCUT2D eigenvalue weighted by atomic mass is 10.0. The lowest BCUT2D eigenvalue weighted by Gasteiger charge is -2.43. The third kappa shape index (κ3) is 3.98. The Morgan fingerprint density at radius 2 is 1.61 bits per heavy atom. The van der Waals surface area contributed by atoms with Crippen LogP contribution in [0.15, 0.2) is 73.3 Å². The van der Waals surface area contributed by atoms with E-state index in [2.05, 4.69) is 75.9 Å². The molecule has 148 valence electrons. The molecule has 2 aromatic carbocycles. The van der Waals surface area contributed by atoms with E-state index >= 15 is 0 Å². The van der Waals surface area contributed by atoms with Gasteiger partial charge in [0.2, 0.25) is 0 Å². The molecule has 2 atom stereocenters. The van der Waals surface area contributed by atoms with Gasteiger partial charge in [-0.2, -0.15) is 0 Å². The second kappa shape index (κ2) is 8.46. The van der Waals surface area contributed by atoms with Gasteiger partial charge in [0, 0.05) is 6.42 Å². The molecule has 4 heteroatoms. The van der Waals surface area contributed by atoms with Gasteiger partial charge >= 0.3 is 5.97 Å². The van der Waals surface area contributed by atoms with Crippen molar-refractivity contribution < 1.29 is 14.0 Å². The van der Waals surface area contributed by atoms with E-state index in [1.54, 1.807) is 6.08 Å². The maximum absolute atomic E-state index is 12.1. The number of carbonyl (C=O) groups excluding carboxylic acids is 1. The van der Waals surface area contributed by atoms with E-state index in [1.807, 2.05) is 12.1 Å². The number of cyclic esters (lactones) is 1. The highest BCUT2D eigenvalue weighted by molar-refractivity contribution is 6.99. The third-order valence-electron chi connectivity index (χ3n) is 5.52. The second-order valence-electron chi connectivity index (χ2n) is 8.49. The zero-order valence-corrected chi connectivity index (χ0v) is 18.1. The number of hydrogen-bond acceptors (Lipinski definition) is 3. The molecule has 3 rings (SSSR count). The van der Waals surface area contributed by atoms with Gasteiger partial charge < -0.3 is 9.16 Å². The van der Waals surface area contributed by atoms with E-state index in [0.717, 1.165) is 0 Å². The van der Waals surface area contributed by atoms with Crippen molar-refractivity contribution in [2.45, 2.75) is 44.8 Å². The van der Waals surface area contributed by atoms with Crippen LogP contribution in [0.1, 0.15) is 33.6 Å². The zero-order chi connectivity index (χ0) is 20.2. The van der Waals surface area contributed by atoms with Crippen molar-refractivity contribution in [3.05, 3.63) is 73.3 Å². The molecule has 0 amide bonds. The first kappa shape index (κ1) is 20.6. The highest BCUT2D eigenvalue weighted by Crippen LogP contribution is 2.37.